The molecule has 1 aliphatic carbocycles. The molecule has 1 aliphatic rings. The van der Waals surface area contributed by atoms with Crippen molar-refractivity contribution in [3.05, 3.63) is 29.8 Å². The third-order valence-corrected chi connectivity index (χ3v) is 3.51. The minimum atomic E-state index is 0.383. The van der Waals surface area contributed by atoms with Crippen LogP contribution in [-0.2, 0) is 0 Å². The molecule has 0 aliphatic heterocycles. The van der Waals surface area contributed by atoms with Crippen molar-refractivity contribution in [1.82, 2.24) is 5.32 Å². The quantitative estimate of drug-likeness (QED) is 0.786. The second-order valence-electron chi connectivity index (χ2n) is 5.24. The van der Waals surface area contributed by atoms with Crippen LogP contribution in [0.5, 0.6) is 5.75 Å². The Hall–Kier alpha value is -1.06. The molecule has 0 radical (unpaired) electrons. The van der Waals surface area contributed by atoms with Crippen molar-refractivity contribution in [2.75, 3.05) is 13.2 Å². The second kappa shape index (κ2) is 6.76. The van der Waals surface area contributed by atoms with Gasteiger partial charge in [-0.15, -0.1) is 0 Å². The Morgan fingerprint density at radius 3 is 3.06 bits per heavy atom. The van der Waals surface area contributed by atoms with Crippen LogP contribution in [0, 0.1) is 6.92 Å². The van der Waals surface area contributed by atoms with Crippen LogP contribution in [0.25, 0.3) is 0 Å². The Morgan fingerprint density at radius 2 is 2.28 bits per heavy atom. The fourth-order valence-electron chi connectivity index (χ4n) is 2.55. The van der Waals surface area contributed by atoms with Gasteiger partial charge < -0.3 is 15.8 Å². The normalized spacial score (nSPS) is 23.9. The van der Waals surface area contributed by atoms with Gasteiger partial charge in [-0.1, -0.05) is 18.6 Å². The number of aryl methyl sites for hydroxylation is 1. The summed E-state index contributed by atoms with van der Waals surface area (Å²) >= 11 is 0. The summed E-state index contributed by atoms with van der Waals surface area (Å²) < 4.78 is 5.71. The number of hydrogen-bond donors (Lipinski definition) is 2. The Bertz CT molecular complexity index is 367. The van der Waals surface area contributed by atoms with E-state index in [2.05, 4.69) is 24.4 Å². The molecule has 0 bridgehead atoms. The highest BCUT2D eigenvalue weighted by atomic mass is 16.5. The van der Waals surface area contributed by atoms with Crippen molar-refractivity contribution in [2.24, 2.45) is 5.73 Å². The zero-order valence-corrected chi connectivity index (χ0v) is 11.2. The van der Waals surface area contributed by atoms with Gasteiger partial charge in [-0.3, -0.25) is 0 Å². The van der Waals surface area contributed by atoms with Gasteiger partial charge in [0.1, 0.15) is 12.4 Å². The average Bonchev–Trinajstić information content (AvgIpc) is 2.35. The molecular weight excluding hydrogens is 224 g/mol. The monoisotopic (exact) mass is 248 g/mol. The summed E-state index contributed by atoms with van der Waals surface area (Å²) in [4.78, 5) is 0. The van der Waals surface area contributed by atoms with E-state index in [-0.39, 0.29) is 0 Å². The molecular formula is C15H24N2O. The van der Waals surface area contributed by atoms with Crippen molar-refractivity contribution in [3.63, 3.8) is 0 Å². The van der Waals surface area contributed by atoms with Crippen LogP contribution < -0.4 is 15.8 Å². The molecule has 18 heavy (non-hydrogen) atoms. The SMILES string of the molecule is Cc1cccc(OCCNC2CCCC(N)C2)c1. The minimum absolute atomic E-state index is 0.383. The molecule has 0 spiro atoms. The van der Waals surface area contributed by atoms with Crippen molar-refractivity contribution >= 4 is 0 Å². The Labute approximate surface area is 110 Å². The van der Waals surface area contributed by atoms with Gasteiger partial charge in [0.2, 0.25) is 0 Å². The predicted molar refractivity (Wildman–Crippen MR) is 74.9 cm³/mol. The smallest absolute Gasteiger partial charge is 0.119 e. The maximum atomic E-state index is 5.97. The van der Waals surface area contributed by atoms with Crippen LogP contribution in [0.4, 0.5) is 0 Å². The first kappa shape index (κ1) is 13.4. The third kappa shape index (κ3) is 4.31. The van der Waals surface area contributed by atoms with E-state index in [9.17, 15) is 0 Å². The van der Waals surface area contributed by atoms with Crippen LogP contribution in [0.2, 0.25) is 0 Å². The minimum Gasteiger partial charge on any atom is -0.492 e. The molecule has 1 aromatic carbocycles. The Balaban J connectivity index is 1.64. The van der Waals surface area contributed by atoms with Crippen LogP contribution in [0.3, 0.4) is 0 Å². The fraction of sp³-hybridized carbons (Fsp3) is 0.600. The van der Waals surface area contributed by atoms with Crippen molar-refractivity contribution in [2.45, 2.75) is 44.7 Å². The summed E-state index contributed by atoms with van der Waals surface area (Å²) in [5.74, 6) is 0.956. The Morgan fingerprint density at radius 1 is 1.39 bits per heavy atom. The Kier molecular flexibility index (Phi) is 5.02. The lowest BCUT2D eigenvalue weighted by Crippen LogP contribution is -2.40. The van der Waals surface area contributed by atoms with E-state index in [0.29, 0.717) is 12.1 Å². The number of rotatable bonds is 5. The first-order chi connectivity index (χ1) is 8.74. The van der Waals surface area contributed by atoms with Gasteiger partial charge in [-0.25, -0.2) is 0 Å². The summed E-state index contributed by atoms with van der Waals surface area (Å²) in [6.45, 7) is 3.69. The van der Waals surface area contributed by atoms with Crippen LogP contribution in [-0.4, -0.2) is 25.2 Å². The maximum Gasteiger partial charge on any atom is 0.119 e. The van der Waals surface area contributed by atoms with E-state index in [1.165, 1.54) is 24.8 Å². The number of benzene rings is 1. The summed E-state index contributed by atoms with van der Waals surface area (Å²) in [6.07, 6.45) is 4.78. The predicted octanol–water partition coefficient (Wildman–Crippen LogP) is 2.23. The molecule has 3 heteroatoms. The molecule has 0 heterocycles. The van der Waals surface area contributed by atoms with Crippen molar-refractivity contribution in [1.29, 1.82) is 0 Å². The first-order valence-electron chi connectivity index (χ1n) is 6.92. The van der Waals surface area contributed by atoms with E-state index in [0.717, 1.165) is 25.3 Å². The molecule has 0 amide bonds. The zero-order chi connectivity index (χ0) is 12.8. The van der Waals surface area contributed by atoms with Gasteiger partial charge in [0.05, 0.1) is 0 Å². The molecule has 0 saturated heterocycles. The molecule has 1 aromatic rings. The summed E-state index contributed by atoms with van der Waals surface area (Å²) in [5, 5.41) is 3.53. The average molecular weight is 248 g/mol. The van der Waals surface area contributed by atoms with Gasteiger partial charge in [-0.2, -0.15) is 0 Å². The fourth-order valence-corrected chi connectivity index (χ4v) is 2.55. The van der Waals surface area contributed by atoms with Gasteiger partial charge >= 0.3 is 0 Å². The number of ether oxygens (including phenoxy) is 1. The lowest BCUT2D eigenvalue weighted by molar-refractivity contribution is 0.281. The standard InChI is InChI=1S/C15H24N2O/c1-12-4-2-7-15(10-12)18-9-8-17-14-6-3-5-13(16)11-14/h2,4,7,10,13-14,17H,3,5-6,8-9,11,16H2,1H3. The molecule has 2 rings (SSSR count). The molecule has 0 aromatic heterocycles. The zero-order valence-electron chi connectivity index (χ0n) is 11.2. The molecule has 2 unspecified atom stereocenters. The summed E-state index contributed by atoms with van der Waals surface area (Å²) in [7, 11) is 0. The lowest BCUT2D eigenvalue weighted by Gasteiger charge is -2.27. The topological polar surface area (TPSA) is 47.3 Å². The number of nitrogens with two attached hydrogens (primary N) is 1. The van der Waals surface area contributed by atoms with Crippen LogP contribution in [0.1, 0.15) is 31.2 Å². The van der Waals surface area contributed by atoms with Crippen molar-refractivity contribution < 1.29 is 4.74 Å². The highest BCUT2D eigenvalue weighted by Crippen LogP contribution is 2.16. The third-order valence-electron chi connectivity index (χ3n) is 3.51. The molecule has 100 valence electrons. The molecule has 3 nitrogen and oxygen atoms in total. The van der Waals surface area contributed by atoms with Crippen LogP contribution >= 0.6 is 0 Å². The summed E-state index contributed by atoms with van der Waals surface area (Å²) in [5.41, 5.74) is 7.20. The van der Waals surface area contributed by atoms with Crippen molar-refractivity contribution in [3.8, 4) is 5.75 Å². The first-order valence-corrected chi connectivity index (χ1v) is 6.92. The van der Waals surface area contributed by atoms with Crippen LogP contribution in [0.15, 0.2) is 24.3 Å². The largest absolute Gasteiger partial charge is 0.492 e. The van der Waals surface area contributed by atoms with E-state index in [1.807, 2.05) is 12.1 Å². The van der Waals surface area contributed by atoms with E-state index >= 15 is 0 Å². The second-order valence-corrected chi connectivity index (χ2v) is 5.24. The van der Waals surface area contributed by atoms with E-state index in [4.69, 9.17) is 10.5 Å². The molecule has 1 saturated carbocycles. The van der Waals surface area contributed by atoms with E-state index < -0.39 is 0 Å². The van der Waals surface area contributed by atoms with Gasteiger partial charge in [-0.05, 0) is 43.9 Å². The summed E-state index contributed by atoms with van der Waals surface area (Å²) in [6, 6.07) is 9.14. The highest BCUT2D eigenvalue weighted by Gasteiger charge is 2.18. The lowest BCUT2D eigenvalue weighted by atomic mass is 9.92. The molecule has 3 N–H and O–H groups in total. The van der Waals surface area contributed by atoms with E-state index in [1.54, 1.807) is 0 Å². The highest BCUT2D eigenvalue weighted by molar-refractivity contribution is 5.27. The number of nitrogens with one attached hydrogen (secondary N) is 1. The van der Waals surface area contributed by atoms with Gasteiger partial charge in [0.15, 0.2) is 0 Å². The van der Waals surface area contributed by atoms with Gasteiger partial charge in [0.25, 0.3) is 0 Å². The molecule has 1 fully saturated rings. The van der Waals surface area contributed by atoms with Gasteiger partial charge in [0, 0.05) is 18.6 Å². The number of hydrogen-bond acceptors (Lipinski definition) is 3. The maximum absolute atomic E-state index is 5.97. The molecule has 2 atom stereocenters.